The Morgan fingerprint density at radius 1 is 1.78 bits per heavy atom. The van der Waals surface area contributed by atoms with E-state index in [1.54, 1.807) is 6.92 Å². The smallest absolute Gasteiger partial charge is 0.336 e. The monoisotopic (exact) mass is 128 g/mol. The first-order valence-corrected chi connectivity index (χ1v) is 3.07. The zero-order valence-electron chi connectivity index (χ0n) is 5.85. The van der Waals surface area contributed by atoms with Crippen molar-refractivity contribution in [3.63, 3.8) is 0 Å². The van der Waals surface area contributed by atoms with Crippen LogP contribution in [-0.2, 0) is 0 Å². The highest BCUT2D eigenvalue weighted by Crippen LogP contribution is 1.74. The van der Waals surface area contributed by atoms with Gasteiger partial charge in [-0.05, 0) is 13.3 Å². The summed E-state index contributed by atoms with van der Waals surface area (Å²) in [5, 5.41) is 2.60. The van der Waals surface area contributed by atoms with Crippen molar-refractivity contribution in [2.75, 3.05) is 6.54 Å². The van der Waals surface area contributed by atoms with Gasteiger partial charge in [-0.3, -0.25) is 0 Å². The molecule has 0 aliphatic rings. The molecule has 52 valence electrons. The normalized spacial score (nSPS) is 10.0. The average molecular weight is 128 g/mol. The van der Waals surface area contributed by atoms with Crippen LogP contribution in [0.15, 0.2) is 4.99 Å². The summed E-state index contributed by atoms with van der Waals surface area (Å²) < 4.78 is 0. The zero-order chi connectivity index (χ0) is 7.11. The molecule has 0 aliphatic heterocycles. The summed E-state index contributed by atoms with van der Waals surface area (Å²) in [6.45, 7) is 4.41. The molecular weight excluding hydrogens is 116 g/mol. The molecule has 0 radical (unpaired) electrons. The van der Waals surface area contributed by atoms with Gasteiger partial charge in [0.25, 0.3) is 0 Å². The molecule has 2 amide bonds. The molecule has 1 N–H and O–H groups in total. The molecule has 0 heterocycles. The van der Waals surface area contributed by atoms with E-state index >= 15 is 0 Å². The van der Waals surface area contributed by atoms with E-state index < -0.39 is 0 Å². The van der Waals surface area contributed by atoms with Crippen LogP contribution in [0.25, 0.3) is 0 Å². The van der Waals surface area contributed by atoms with Gasteiger partial charge in [-0.25, -0.2) is 9.79 Å². The van der Waals surface area contributed by atoms with Gasteiger partial charge < -0.3 is 5.32 Å². The van der Waals surface area contributed by atoms with Gasteiger partial charge in [0.15, 0.2) is 0 Å². The molecular formula is C6H12N2O. The van der Waals surface area contributed by atoms with E-state index in [9.17, 15) is 4.79 Å². The van der Waals surface area contributed by atoms with Crippen LogP contribution in [0.1, 0.15) is 20.3 Å². The lowest BCUT2D eigenvalue weighted by Gasteiger charge is -1.94. The molecule has 3 nitrogen and oxygen atoms in total. The van der Waals surface area contributed by atoms with E-state index in [1.165, 1.54) is 6.21 Å². The zero-order valence-corrected chi connectivity index (χ0v) is 5.85. The molecule has 0 fully saturated rings. The number of hydrogen-bond acceptors (Lipinski definition) is 1. The molecule has 3 heteroatoms. The maximum Gasteiger partial charge on any atom is 0.340 e. The molecule has 0 bridgehead atoms. The van der Waals surface area contributed by atoms with Crippen molar-refractivity contribution in [3.8, 4) is 0 Å². The van der Waals surface area contributed by atoms with Crippen molar-refractivity contribution in [1.82, 2.24) is 5.32 Å². The maximum absolute atomic E-state index is 10.5. The third-order valence-electron chi connectivity index (χ3n) is 0.773. The molecule has 0 rings (SSSR count). The quantitative estimate of drug-likeness (QED) is 0.558. The lowest BCUT2D eigenvalue weighted by Crippen LogP contribution is -2.19. The predicted molar refractivity (Wildman–Crippen MR) is 37.9 cm³/mol. The third kappa shape index (κ3) is 5.00. The van der Waals surface area contributed by atoms with Gasteiger partial charge in [0.05, 0.1) is 0 Å². The largest absolute Gasteiger partial charge is 0.340 e. The Labute approximate surface area is 55.2 Å². The summed E-state index contributed by atoms with van der Waals surface area (Å²) in [5.74, 6) is 0. The van der Waals surface area contributed by atoms with E-state index in [2.05, 4.69) is 10.3 Å². The molecule has 0 aromatic rings. The Morgan fingerprint density at radius 3 is 2.89 bits per heavy atom. The summed E-state index contributed by atoms with van der Waals surface area (Å²) in [4.78, 5) is 14.0. The second-order valence-corrected chi connectivity index (χ2v) is 1.62. The molecule has 0 spiro atoms. The predicted octanol–water partition coefficient (Wildman–Crippen LogP) is 1.20. The number of carbonyl (C=O) groups excluding carboxylic acids is 1. The Kier molecular flexibility index (Phi) is 4.78. The standard InChI is InChI=1S/C6H12N2O/c1-3-5-8-6(9)7-4-2/h4H,3,5H2,1-2H3,(H,8,9). The van der Waals surface area contributed by atoms with Crippen molar-refractivity contribution >= 4 is 12.2 Å². The number of aliphatic imine (C=N–C) groups is 1. The van der Waals surface area contributed by atoms with Gasteiger partial charge >= 0.3 is 6.03 Å². The van der Waals surface area contributed by atoms with Crippen LogP contribution in [-0.4, -0.2) is 18.8 Å². The summed E-state index contributed by atoms with van der Waals surface area (Å²) >= 11 is 0. The van der Waals surface area contributed by atoms with Crippen LogP contribution >= 0.6 is 0 Å². The van der Waals surface area contributed by atoms with Crippen LogP contribution in [0.5, 0.6) is 0 Å². The Hall–Kier alpha value is -0.860. The van der Waals surface area contributed by atoms with Crippen LogP contribution in [0.4, 0.5) is 4.79 Å². The van der Waals surface area contributed by atoms with Crippen molar-refractivity contribution < 1.29 is 4.79 Å². The van der Waals surface area contributed by atoms with Crippen molar-refractivity contribution in [2.45, 2.75) is 20.3 Å². The fourth-order valence-electron chi connectivity index (χ4n) is 0.395. The number of urea groups is 1. The Bertz CT molecular complexity index is 110. The summed E-state index contributed by atoms with van der Waals surface area (Å²) in [6.07, 6.45) is 2.43. The summed E-state index contributed by atoms with van der Waals surface area (Å²) in [6, 6.07) is -0.251. The van der Waals surface area contributed by atoms with Gasteiger partial charge in [-0.2, -0.15) is 0 Å². The Balaban J connectivity index is 3.27. The van der Waals surface area contributed by atoms with Crippen LogP contribution in [0.3, 0.4) is 0 Å². The maximum atomic E-state index is 10.5. The minimum absolute atomic E-state index is 0.251. The third-order valence-corrected chi connectivity index (χ3v) is 0.773. The van der Waals surface area contributed by atoms with Crippen LogP contribution in [0.2, 0.25) is 0 Å². The highest BCUT2D eigenvalue weighted by Gasteiger charge is 1.89. The van der Waals surface area contributed by atoms with E-state index in [4.69, 9.17) is 0 Å². The number of nitrogens with zero attached hydrogens (tertiary/aromatic N) is 1. The molecule has 0 saturated heterocycles. The fourth-order valence-corrected chi connectivity index (χ4v) is 0.395. The number of hydrogen-bond donors (Lipinski definition) is 1. The number of carbonyl (C=O) groups is 1. The van der Waals surface area contributed by atoms with Gasteiger partial charge in [-0.15, -0.1) is 0 Å². The molecule has 0 aliphatic carbocycles. The second-order valence-electron chi connectivity index (χ2n) is 1.62. The molecule has 9 heavy (non-hydrogen) atoms. The number of rotatable bonds is 2. The molecule has 0 unspecified atom stereocenters. The van der Waals surface area contributed by atoms with Crippen molar-refractivity contribution in [2.24, 2.45) is 4.99 Å². The molecule has 0 atom stereocenters. The lowest BCUT2D eigenvalue weighted by atomic mass is 10.5. The molecule has 0 saturated carbocycles. The number of nitrogens with one attached hydrogen (secondary N) is 1. The van der Waals surface area contributed by atoms with E-state index in [1.807, 2.05) is 6.92 Å². The van der Waals surface area contributed by atoms with Crippen LogP contribution < -0.4 is 5.32 Å². The minimum atomic E-state index is -0.251. The van der Waals surface area contributed by atoms with E-state index in [0.29, 0.717) is 6.54 Å². The minimum Gasteiger partial charge on any atom is -0.336 e. The summed E-state index contributed by atoms with van der Waals surface area (Å²) in [5.41, 5.74) is 0. The molecule has 0 aromatic carbocycles. The SMILES string of the molecule is CC=NC(=O)NCCC. The van der Waals surface area contributed by atoms with Crippen molar-refractivity contribution in [3.05, 3.63) is 0 Å². The van der Waals surface area contributed by atoms with Crippen LogP contribution in [0, 0.1) is 0 Å². The second kappa shape index (κ2) is 5.28. The first kappa shape index (κ1) is 8.14. The Morgan fingerprint density at radius 2 is 2.44 bits per heavy atom. The van der Waals surface area contributed by atoms with E-state index in [0.717, 1.165) is 6.42 Å². The van der Waals surface area contributed by atoms with Gasteiger partial charge in [0, 0.05) is 12.8 Å². The average Bonchev–Trinajstić information content (AvgIpc) is 1.85. The first-order valence-electron chi connectivity index (χ1n) is 3.07. The van der Waals surface area contributed by atoms with Gasteiger partial charge in [-0.1, -0.05) is 6.92 Å². The first-order chi connectivity index (χ1) is 4.31. The highest BCUT2D eigenvalue weighted by molar-refractivity contribution is 5.82. The van der Waals surface area contributed by atoms with Gasteiger partial charge in [0.1, 0.15) is 0 Å². The van der Waals surface area contributed by atoms with Gasteiger partial charge in [0.2, 0.25) is 0 Å². The van der Waals surface area contributed by atoms with E-state index in [-0.39, 0.29) is 6.03 Å². The highest BCUT2D eigenvalue weighted by atomic mass is 16.2. The summed E-state index contributed by atoms with van der Waals surface area (Å²) in [7, 11) is 0. The van der Waals surface area contributed by atoms with Crippen molar-refractivity contribution in [1.29, 1.82) is 0 Å². The molecule has 0 aromatic heterocycles. The lowest BCUT2D eigenvalue weighted by molar-refractivity contribution is 0.249. The fraction of sp³-hybridized carbons (Fsp3) is 0.667. The number of amides is 2. The topological polar surface area (TPSA) is 41.5 Å².